The van der Waals surface area contributed by atoms with E-state index in [2.05, 4.69) is 20.4 Å². The van der Waals surface area contributed by atoms with Crippen LogP contribution in [0.2, 0.25) is 0 Å². The van der Waals surface area contributed by atoms with Gasteiger partial charge in [-0.3, -0.25) is 0 Å². The van der Waals surface area contributed by atoms with Crippen LogP contribution in [-0.2, 0) is 0 Å². The summed E-state index contributed by atoms with van der Waals surface area (Å²) < 4.78 is 0. The molecule has 2 aromatic rings. The van der Waals surface area contributed by atoms with Gasteiger partial charge in [0, 0.05) is 11.1 Å². The van der Waals surface area contributed by atoms with Gasteiger partial charge in [0.2, 0.25) is 11.9 Å². The second-order valence-electron chi connectivity index (χ2n) is 4.68. The van der Waals surface area contributed by atoms with Gasteiger partial charge in [-0.1, -0.05) is 60.7 Å². The Balaban J connectivity index is 2.66. The number of benzene rings is 2. The highest BCUT2D eigenvalue weighted by molar-refractivity contribution is 6.53. The largest absolute Gasteiger partial charge is 0.369 e. The predicted octanol–water partition coefficient (Wildman–Crippen LogP) is 0.342. The van der Waals surface area contributed by atoms with E-state index >= 15 is 0 Å². The zero-order valence-corrected chi connectivity index (χ0v) is 12.9. The van der Waals surface area contributed by atoms with Crippen LogP contribution in [0.3, 0.4) is 0 Å². The van der Waals surface area contributed by atoms with Gasteiger partial charge in [-0.15, -0.1) is 20.4 Å². The Morgan fingerprint density at radius 2 is 0.833 bits per heavy atom. The molecule has 8 nitrogen and oxygen atoms in total. The summed E-state index contributed by atoms with van der Waals surface area (Å²) in [7, 11) is 0. The zero-order valence-electron chi connectivity index (χ0n) is 12.9. The van der Waals surface area contributed by atoms with Gasteiger partial charge in [0.25, 0.3) is 0 Å². The summed E-state index contributed by atoms with van der Waals surface area (Å²) in [5, 5.41) is 15.7. The van der Waals surface area contributed by atoms with E-state index in [4.69, 9.17) is 22.9 Å². The second-order valence-corrected chi connectivity index (χ2v) is 4.68. The normalized spacial score (nSPS) is 11.7. The molecule has 0 fully saturated rings. The van der Waals surface area contributed by atoms with Crippen LogP contribution in [-0.4, -0.2) is 23.3 Å². The maximum Gasteiger partial charge on any atom is 0.211 e. The smallest absolute Gasteiger partial charge is 0.211 e. The Bertz CT molecular complexity index is 714. The fourth-order valence-electron chi connectivity index (χ4n) is 1.89. The highest BCUT2D eigenvalue weighted by Crippen LogP contribution is 2.11. The topological polar surface area (TPSA) is 154 Å². The summed E-state index contributed by atoms with van der Waals surface area (Å²) in [5.74, 6) is -0.338. The monoisotopic (exact) mass is 322 g/mol. The number of guanidine groups is 2. The number of hydrogen-bond acceptors (Lipinski definition) is 4. The molecule has 8 N–H and O–H groups in total. The molecule has 8 heteroatoms. The number of nitrogens with zero attached hydrogens (tertiary/aromatic N) is 4. The Morgan fingerprint density at radius 3 is 1.12 bits per heavy atom. The highest BCUT2D eigenvalue weighted by Gasteiger charge is 2.15. The molecule has 0 radical (unpaired) electrons. The standard InChI is InChI=1S/C16H18N8/c17-15(18)23-21-13(11-7-3-1-4-8-11)14(22-24-16(19)20)12-9-5-2-6-10-12/h1-10H,(H4,17,18,23)(H4,19,20,24)/b21-13+,22-14+. The van der Waals surface area contributed by atoms with Gasteiger partial charge in [-0.25, -0.2) is 0 Å². The Morgan fingerprint density at radius 1 is 0.500 bits per heavy atom. The van der Waals surface area contributed by atoms with Crippen molar-refractivity contribution in [1.29, 1.82) is 0 Å². The SMILES string of the molecule is NC(N)=N/N=C(/C(=N/N=C(N)N)c1ccccc1)c1ccccc1. The molecule has 0 aliphatic carbocycles. The van der Waals surface area contributed by atoms with Crippen LogP contribution in [0.1, 0.15) is 11.1 Å². The average molecular weight is 322 g/mol. The molecule has 122 valence electrons. The minimum absolute atomic E-state index is 0.169. The molecule has 0 saturated carbocycles. The molecule has 0 heterocycles. The van der Waals surface area contributed by atoms with E-state index in [0.717, 1.165) is 11.1 Å². The first kappa shape index (κ1) is 16.7. The lowest BCUT2D eigenvalue weighted by atomic mass is 10.00. The molecule has 0 amide bonds. The van der Waals surface area contributed by atoms with Crippen molar-refractivity contribution in [1.82, 2.24) is 0 Å². The van der Waals surface area contributed by atoms with Crippen LogP contribution in [0.25, 0.3) is 0 Å². The van der Waals surface area contributed by atoms with Crippen LogP contribution in [0.5, 0.6) is 0 Å². The average Bonchev–Trinajstić information content (AvgIpc) is 2.59. The van der Waals surface area contributed by atoms with E-state index in [1.54, 1.807) is 0 Å². The fraction of sp³-hybridized carbons (Fsp3) is 0. The van der Waals surface area contributed by atoms with Gasteiger partial charge in [0.05, 0.1) is 0 Å². The molecule has 0 spiro atoms. The van der Waals surface area contributed by atoms with E-state index in [0.29, 0.717) is 11.4 Å². The van der Waals surface area contributed by atoms with Crippen molar-refractivity contribution in [2.24, 2.45) is 43.3 Å². The Kier molecular flexibility index (Phi) is 5.62. The first-order chi connectivity index (χ1) is 11.6. The van der Waals surface area contributed by atoms with Gasteiger partial charge >= 0.3 is 0 Å². The predicted molar refractivity (Wildman–Crippen MR) is 97.6 cm³/mol. The van der Waals surface area contributed by atoms with E-state index in [1.165, 1.54) is 0 Å². The fourth-order valence-corrected chi connectivity index (χ4v) is 1.89. The van der Waals surface area contributed by atoms with E-state index < -0.39 is 0 Å². The zero-order chi connectivity index (χ0) is 17.4. The highest BCUT2D eigenvalue weighted by atomic mass is 15.3. The third-order valence-corrected chi connectivity index (χ3v) is 2.85. The van der Waals surface area contributed by atoms with Gasteiger partial charge in [0.15, 0.2) is 0 Å². The number of nitrogens with two attached hydrogens (primary N) is 4. The third kappa shape index (κ3) is 4.67. The van der Waals surface area contributed by atoms with Crippen LogP contribution in [0.15, 0.2) is 81.1 Å². The Hall–Kier alpha value is -3.68. The van der Waals surface area contributed by atoms with Crippen molar-refractivity contribution >= 4 is 23.3 Å². The molecule has 0 unspecified atom stereocenters. The number of hydrogen-bond donors (Lipinski definition) is 4. The van der Waals surface area contributed by atoms with Crippen LogP contribution in [0.4, 0.5) is 0 Å². The maximum atomic E-state index is 5.39. The van der Waals surface area contributed by atoms with E-state index in [9.17, 15) is 0 Å². The quantitative estimate of drug-likeness (QED) is 0.356. The molecule has 0 bridgehead atoms. The van der Waals surface area contributed by atoms with Gasteiger partial charge in [-0.05, 0) is 0 Å². The third-order valence-electron chi connectivity index (χ3n) is 2.85. The molecule has 0 atom stereocenters. The van der Waals surface area contributed by atoms with Crippen molar-refractivity contribution in [3.63, 3.8) is 0 Å². The summed E-state index contributed by atoms with van der Waals surface area (Å²) in [5.41, 5.74) is 24.0. The lowest BCUT2D eigenvalue weighted by Crippen LogP contribution is -2.24. The summed E-state index contributed by atoms with van der Waals surface area (Å²) in [6.07, 6.45) is 0. The van der Waals surface area contributed by atoms with E-state index in [-0.39, 0.29) is 11.9 Å². The summed E-state index contributed by atoms with van der Waals surface area (Å²) >= 11 is 0. The van der Waals surface area contributed by atoms with E-state index in [1.807, 2.05) is 60.7 Å². The maximum absolute atomic E-state index is 5.39. The van der Waals surface area contributed by atoms with Crippen LogP contribution < -0.4 is 22.9 Å². The van der Waals surface area contributed by atoms with Crippen molar-refractivity contribution in [3.8, 4) is 0 Å². The molecular formula is C16H18N8. The molecule has 2 rings (SSSR count). The minimum Gasteiger partial charge on any atom is -0.369 e. The molecular weight excluding hydrogens is 304 g/mol. The molecule has 2 aromatic carbocycles. The Labute approximate surface area is 139 Å². The van der Waals surface area contributed by atoms with Gasteiger partial charge in [0.1, 0.15) is 11.4 Å². The van der Waals surface area contributed by atoms with Crippen molar-refractivity contribution in [3.05, 3.63) is 71.8 Å². The molecule has 0 aliphatic rings. The summed E-state index contributed by atoms with van der Waals surface area (Å²) in [4.78, 5) is 0. The second kappa shape index (κ2) is 8.08. The van der Waals surface area contributed by atoms with Crippen molar-refractivity contribution in [2.45, 2.75) is 0 Å². The van der Waals surface area contributed by atoms with Crippen LogP contribution >= 0.6 is 0 Å². The summed E-state index contributed by atoms with van der Waals surface area (Å²) in [6, 6.07) is 18.7. The first-order valence-corrected chi connectivity index (χ1v) is 7.02. The molecule has 0 saturated heterocycles. The first-order valence-electron chi connectivity index (χ1n) is 7.02. The van der Waals surface area contributed by atoms with Gasteiger partial charge in [-0.2, -0.15) is 0 Å². The van der Waals surface area contributed by atoms with Crippen LogP contribution in [0, 0.1) is 0 Å². The number of rotatable bonds is 5. The summed E-state index contributed by atoms with van der Waals surface area (Å²) in [6.45, 7) is 0. The minimum atomic E-state index is -0.169. The lowest BCUT2D eigenvalue weighted by Gasteiger charge is -2.08. The molecule has 24 heavy (non-hydrogen) atoms. The molecule has 0 aromatic heterocycles. The van der Waals surface area contributed by atoms with Crippen molar-refractivity contribution < 1.29 is 0 Å². The molecule has 0 aliphatic heterocycles. The van der Waals surface area contributed by atoms with Gasteiger partial charge < -0.3 is 22.9 Å². The lowest BCUT2D eigenvalue weighted by molar-refractivity contribution is 1.19. The van der Waals surface area contributed by atoms with Crippen molar-refractivity contribution in [2.75, 3.05) is 0 Å².